The molecule has 1 aromatic heterocycles. The third-order valence-corrected chi connectivity index (χ3v) is 3.66. The zero-order chi connectivity index (χ0) is 13.5. The smallest absolute Gasteiger partial charge is 0.138 e. The Hall–Kier alpha value is -1.13. The number of piperidine rings is 1. The predicted octanol–water partition coefficient (Wildman–Crippen LogP) is 2.06. The van der Waals surface area contributed by atoms with Crippen LogP contribution in [0.5, 0.6) is 5.75 Å². The van der Waals surface area contributed by atoms with E-state index in [9.17, 15) is 5.11 Å². The maximum atomic E-state index is 9.68. The number of hydrogen-bond donors (Lipinski definition) is 2. The lowest BCUT2D eigenvalue weighted by molar-refractivity contribution is 0.225. The van der Waals surface area contributed by atoms with Crippen molar-refractivity contribution in [2.45, 2.75) is 39.2 Å². The fourth-order valence-corrected chi connectivity index (χ4v) is 2.55. The van der Waals surface area contributed by atoms with Crippen LogP contribution in [-0.4, -0.2) is 41.2 Å². The van der Waals surface area contributed by atoms with E-state index in [0.717, 1.165) is 24.4 Å². The zero-order valence-corrected chi connectivity index (χ0v) is 11.9. The highest BCUT2D eigenvalue weighted by atomic mass is 16.3. The molecule has 0 amide bonds. The maximum absolute atomic E-state index is 9.68. The first kappa shape index (κ1) is 14.3. The molecule has 1 aliphatic rings. The molecule has 0 bridgehead atoms. The second-order valence-corrected chi connectivity index (χ2v) is 5.35. The van der Waals surface area contributed by atoms with Gasteiger partial charge in [0.1, 0.15) is 5.75 Å². The van der Waals surface area contributed by atoms with Crippen molar-refractivity contribution in [2.24, 2.45) is 0 Å². The van der Waals surface area contributed by atoms with Crippen LogP contribution in [0, 0.1) is 6.92 Å². The average Bonchev–Trinajstić information content (AvgIpc) is 2.43. The Morgan fingerprint density at radius 3 is 2.84 bits per heavy atom. The summed E-state index contributed by atoms with van der Waals surface area (Å²) in [5, 5.41) is 13.0. The van der Waals surface area contributed by atoms with E-state index in [4.69, 9.17) is 0 Å². The van der Waals surface area contributed by atoms with Crippen LogP contribution < -0.4 is 5.32 Å². The van der Waals surface area contributed by atoms with Crippen molar-refractivity contribution in [3.05, 3.63) is 23.5 Å². The van der Waals surface area contributed by atoms with Gasteiger partial charge in [-0.25, -0.2) is 0 Å². The summed E-state index contributed by atoms with van der Waals surface area (Å²) >= 11 is 0. The number of likely N-dealkylation sites (tertiary alicyclic amines) is 1. The zero-order valence-electron chi connectivity index (χ0n) is 11.9. The van der Waals surface area contributed by atoms with Gasteiger partial charge in [0.25, 0.3) is 0 Å². The minimum atomic E-state index is 0.286. The van der Waals surface area contributed by atoms with E-state index >= 15 is 0 Å². The number of aryl methyl sites for hydroxylation is 1. The first-order valence-electron chi connectivity index (χ1n) is 7.34. The molecule has 4 heteroatoms. The molecule has 1 fully saturated rings. The number of aromatic hydroxyl groups is 1. The lowest BCUT2D eigenvalue weighted by Crippen LogP contribution is -2.32. The summed E-state index contributed by atoms with van der Waals surface area (Å²) in [4.78, 5) is 6.89. The van der Waals surface area contributed by atoms with Gasteiger partial charge in [-0.15, -0.1) is 0 Å². The maximum Gasteiger partial charge on any atom is 0.138 e. The van der Waals surface area contributed by atoms with E-state index in [1.165, 1.54) is 38.9 Å². The van der Waals surface area contributed by atoms with E-state index in [2.05, 4.69) is 15.2 Å². The van der Waals surface area contributed by atoms with Gasteiger partial charge in [0, 0.05) is 12.2 Å². The monoisotopic (exact) mass is 263 g/mol. The van der Waals surface area contributed by atoms with E-state index in [1.54, 1.807) is 6.07 Å². The highest BCUT2D eigenvalue weighted by Crippen LogP contribution is 2.14. The van der Waals surface area contributed by atoms with Gasteiger partial charge in [0.05, 0.1) is 5.69 Å². The fourth-order valence-electron chi connectivity index (χ4n) is 2.55. The van der Waals surface area contributed by atoms with Gasteiger partial charge >= 0.3 is 0 Å². The predicted molar refractivity (Wildman–Crippen MR) is 77.3 cm³/mol. The van der Waals surface area contributed by atoms with Gasteiger partial charge in [-0.1, -0.05) is 6.42 Å². The first-order valence-corrected chi connectivity index (χ1v) is 7.34. The van der Waals surface area contributed by atoms with Gasteiger partial charge in [-0.2, -0.15) is 0 Å². The second-order valence-electron chi connectivity index (χ2n) is 5.35. The Morgan fingerprint density at radius 1 is 1.26 bits per heavy atom. The molecule has 2 rings (SSSR count). The van der Waals surface area contributed by atoms with Crippen molar-refractivity contribution in [1.29, 1.82) is 0 Å². The van der Waals surface area contributed by atoms with Crippen molar-refractivity contribution in [3.63, 3.8) is 0 Å². The van der Waals surface area contributed by atoms with Gasteiger partial charge in [-0.05, 0) is 64.5 Å². The van der Waals surface area contributed by atoms with Crippen LogP contribution in [0.1, 0.15) is 37.1 Å². The van der Waals surface area contributed by atoms with Crippen LogP contribution in [0.3, 0.4) is 0 Å². The molecule has 4 nitrogen and oxygen atoms in total. The Balaban J connectivity index is 1.62. The van der Waals surface area contributed by atoms with Crippen LogP contribution in [0.2, 0.25) is 0 Å². The molecular formula is C15H25N3O. The first-order chi connectivity index (χ1) is 9.25. The highest BCUT2D eigenvalue weighted by Gasteiger charge is 2.09. The van der Waals surface area contributed by atoms with Gasteiger partial charge in [0.15, 0.2) is 0 Å². The number of nitrogens with one attached hydrogen (secondary N) is 1. The number of hydrogen-bond acceptors (Lipinski definition) is 4. The van der Waals surface area contributed by atoms with Gasteiger partial charge in [-0.3, -0.25) is 4.98 Å². The molecule has 1 saturated heterocycles. The summed E-state index contributed by atoms with van der Waals surface area (Å²) in [6.07, 6.45) is 5.27. The van der Waals surface area contributed by atoms with Gasteiger partial charge in [0.2, 0.25) is 0 Å². The molecule has 19 heavy (non-hydrogen) atoms. The SMILES string of the molecule is Cc1ccc(O)c(CNCCCN2CCCCC2)n1. The summed E-state index contributed by atoms with van der Waals surface area (Å²) in [6, 6.07) is 3.54. The van der Waals surface area contributed by atoms with Crippen molar-refractivity contribution in [2.75, 3.05) is 26.2 Å². The van der Waals surface area contributed by atoms with Crippen LogP contribution in [0.25, 0.3) is 0 Å². The van der Waals surface area contributed by atoms with Gasteiger partial charge < -0.3 is 15.3 Å². The summed E-state index contributed by atoms with van der Waals surface area (Å²) in [5.41, 5.74) is 1.70. The fraction of sp³-hybridized carbons (Fsp3) is 0.667. The number of aromatic nitrogens is 1. The topological polar surface area (TPSA) is 48.4 Å². The van der Waals surface area contributed by atoms with E-state index in [0.29, 0.717) is 6.54 Å². The molecule has 2 heterocycles. The average molecular weight is 263 g/mol. The Kier molecular flexibility index (Phi) is 5.61. The quantitative estimate of drug-likeness (QED) is 0.771. The molecule has 1 aliphatic heterocycles. The van der Waals surface area contributed by atoms with Crippen LogP contribution in [0.15, 0.2) is 12.1 Å². The highest BCUT2D eigenvalue weighted by molar-refractivity contribution is 5.27. The minimum absolute atomic E-state index is 0.286. The van der Waals surface area contributed by atoms with E-state index < -0.39 is 0 Å². The molecule has 0 unspecified atom stereocenters. The standard InChI is InChI=1S/C15H25N3O/c1-13-6-7-15(19)14(17-13)12-16-8-5-11-18-9-3-2-4-10-18/h6-7,16,19H,2-5,8-12H2,1H3. The Morgan fingerprint density at radius 2 is 2.05 bits per heavy atom. The molecule has 0 saturated carbocycles. The molecule has 1 aromatic rings. The molecule has 106 valence electrons. The van der Waals surface area contributed by atoms with Crippen molar-refractivity contribution >= 4 is 0 Å². The largest absolute Gasteiger partial charge is 0.506 e. The Bertz CT molecular complexity index is 389. The molecule has 0 aromatic carbocycles. The number of rotatable bonds is 6. The second kappa shape index (κ2) is 7.46. The van der Waals surface area contributed by atoms with Crippen molar-refractivity contribution < 1.29 is 5.11 Å². The molecular weight excluding hydrogens is 238 g/mol. The number of nitrogens with zero attached hydrogens (tertiary/aromatic N) is 2. The Labute approximate surface area is 115 Å². The molecule has 0 atom stereocenters. The van der Waals surface area contributed by atoms with E-state index in [-0.39, 0.29) is 5.75 Å². The van der Waals surface area contributed by atoms with Crippen molar-refractivity contribution in [1.82, 2.24) is 15.2 Å². The lowest BCUT2D eigenvalue weighted by Gasteiger charge is -2.26. The summed E-state index contributed by atoms with van der Waals surface area (Å²) in [6.45, 7) is 7.28. The van der Waals surface area contributed by atoms with E-state index in [1.807, 2.05) is 13.0 Å². The summed E-state index contributed by atoms with van der Waals surface area (Å²) in [5.74, 6) is 0.286. The molecule has 2 N–H and O–H groups in total. The van der Waals surface area contributed by atoms with Crippen LogP contribution >= 0.6 is 0 Å². The molecule has 0 radical (unpaired) electrons. The van der Waals surface area contributed by atoms with Crippen LogP contribution in [-0.2, 0) is 6.54 Å². The third-order valence-electron chi connectivity index (χ3n) is 3.66. The molecule has 0 spiro atoms. The van der Waals surface area contributed by atoms with Crippen LogP contribution in [0.4, 0.5) is 0 Å². The minimum Gasteiger partial charge on any atom is -0.506 e. The summed E-state index contributed by atoms with van der Waals surface area (Å²) in [7, 11) is 0. The summed E-state index contributed by atoms with van der Waals surface area (Å²) < 4.78 is 0. The lowest BCUT2D eigenvalue weighted by atomic mass is 10.1. The number of pyridine rings is 1. The normalized spacial score (nSPS) is 16.7. The third kappa shape index (κ3) is 4.80. The van der Waals surface area contributed by atoms with Crippen molar-refractivity contribution in [3.8, 4) is 5.75 Å². The molecule has 0 aliphatic carbocycles.